The van der Waals surface area contributed by atoms with Crippen molar-refractivity contribution >= 4 is 23.4 Å². The van der Waals surface area contributed by atoms with Crippen molar-refractivity contribution in [3.05, 3.63) is 29.8 Å². The molecule has 0 atom stereocenters. The van der Waals surface area contributed by atoms with Gasteiger partial charge in [0.05, 0.1) is 5.75 Å². The first-order chi connectivity index (χ1) is 7.77. The summed E-state index contributed by atoms with van der Waals surface area (Å²) in [6, 6.07) is 7.88. The van der Waals surface area contributed by atoms with E-state index in [0.29, 0.717) is 12.3 Å². The molecule has 3 nitrogen and oxygen atoms in total. The molecule has 0 heterocycles. The Morgan fingerprint density at radius 3 is 2.88 bits per heavy atom. The molecule has 0 unspecified atom stereocenters. The Balaban J connectivity index is 2.49. The molecule has 0 spiro atoms. The molecule has 88 valence electrons. The number of carbonyl (C=O) groups excluding carboxylic acids is 1. The van der Waals surface area contributed by atoms with Gasteiger partial charge in [-0.25, -0.2) is 0 Å². The maximum Gasteiger partial charge on any atom is 0.234 e. The number of rotatable bonds is 6. The van der Waals surface area contributed by atoms with Crippen molar-refractivity contribution in [3.8, 4) is 0 Å². The standard InChI is InChI=1S/C12H18N2OS/c1-2-10-5-3-4-6-11(10)14-12(15)9-16-8-7-13/h3-6H,2,7-9,13H2,1H3,(H,14,15). The van der Waals surface area contributed by atoms with Gasteiger partial charge in [-0.15, -0.1) is 0 Å². The summed E-state index contributed by atoms with van der Waals surface area (Å²) < 4.78 is 0. The van der Waals surface area contributed by atoms with E-state index in [9.17, 15) is 4.79 Å². The molecule has 16 heavy (non-hydrogen) atoms. The van der Waals surface area contributed by atoms with E-state index in [-0.39, 0.29) is 5.91 Å². The van der Waals surface area contributed by atoms with E-state index >= 15 is 0 Å². The fraction of sp³-hybridized carbons (Fsp3) is 0.417. The topological polar surface area (TPSA) is 55.1 Å². The fourth-order valence-electron chi connectivity index (χ4n) is 1.39. The predicted octanol–water partition coefficient (Wildman–Crippen LogP) is 1.88. The van der Waals surface area contributed by atoms with E-state index in [4.69, 9.17) is 5.73 Å². The molecular weight excluding hydrogens is 220 g/mol. The molecule has 0 bridgehead atoms. The summed E-state index contributed by atoms with van der Waals surface area (Å²) in [5.74, 6) is 1.33. The summed E-state index contributed by atoms with van der Waals surface area (Å²) in [4.78, 5) is 11.6. The van der Waals surface area contributed by atoms with Gasteiger partial charge in [-0.05, 0) is 18.1 Å². The SMILES string of the molecule is CCc1ccccc1NC(=O)CSCCN. The van der Waals surface area contributed by atoms with Crippen molar-refractivity contribution in [1.82, 2.24) is 0 Å². The zero-order valence-corrected chi connectivity index (χ0v) is 10.3. The Morgan fingerprint density at radius 2 is 2.19 bits per heavy atom. The molecule has 0 aliphatic carbocycles. The van der Waals surface area contributed by atoms with Gasteiger partial charge >= 0.3 is 0 Å². The number of para-hydroxylation sites is 1. The summed E-state index contributed by atoms with van der Waals surface area (Å²) >= 11 is 1.56. The second kappa shape index (κ2) is 7.30. The van der Waals surface area contributed by atoms with Gasteiger partial charge in [0.2, 0.25) is 5.91 Å². The lowest BCUT2D eigenvalue weighted by atomic mass is 10.1. The van der Waals surface area contributed by atoms with Gasteiger partial charge in [0.15, 0.2) is 0 Å². The molecule has 0 aliphatic rings. The maximum atomic E-state index is 11.6. The van der Waals surface area contributed by atoms with Gasteiger partial charge < -0.3 is 11.1 Å². The number of hydrogen-bond acceptors (Lipinski definition) is 3. The van der Waals surface area contributed by atoms with Gasteiger partial charge in [0.25, 0.3) is 0 Å². The Labute approximate surface area is 101 Å². The molecule has 3 N–H and O–H groups in total. The third-order valence-corrected chi connectivity index (χ3v) is 3.16. The molecule has 1 rings (SSSR count). The number of benzene rings is 1. The molecule has 0 radical (unpaired) electrons. The number of hydrogen-bond donors (Lipinski definition) is 2. The average molecular weight is 238 g/mol. The van der Waals surface area contributed by atoms with Crippen molar-refractivity contribution in [1.29, 1.82) is 0 Å². The van der Waals surface area contributed by atoms with Crippen molar-refractivity contribution in [2.45, 2.75) is 13.3 Å². The first kappa shape index (κ1) is 13.1. The number of aryl methyl sites for hydroxylation is 1. The zero-order chi connectivity index (χ0) is 11.8. The monoisotopic (exact) mass is 238 g/mol. The van der Waals surface area contributed by atoms with E-state index in [2.05, 4.69) is 12.2 Å². The van der Waals surface area contributed by atoms with Crippen LogP contribution in [-0.2, 0) is 11.2 Å². The highest BCUT2D eigenvalue weighted by Gasteiger charge is 2.04. The summed E-state index contributed by atoms with van der Waals surface area (Å²) in [5, 5.41) is 2.92. The number of anilines is 1. The fourth-order valence-corrected chi connectivity index (χ4v) is 1.95. The van der Waals surface area contributed by atoms with E-state index in [1.165, 1.54) is 5.56 Å². The van der Waals surface area contributed by atoms with Crippen LogP contribution in [0.5, 0.6) is 0 Å². The second-order valence-corrected chi connectivity index (χ2v) is 4.51. The van der Waals surface area contributed by atoms with Crippen LogP contribution in [0.4, 0.5) is 5.69 Å². The Hall–Kier alpha value is -1.000. The van der Waals surface area contributed by atoms with Crippen molar-refractivity contribution < 1.29 is 4.79 Å². The lowest BCUT2D eigenvalue weighted by Crippen LogP contribution is -2.16. The molecule has 0 saturated carbocycles. The van der Waals surface area contributed by atoms with Crippen molar-refractivity contribution in [3.63, 3.8) is 0 Å². The van der Waals surface area contributed by atoms with Crippen LogP contribution in [-0.4, -0.2) is 24.0 Å². The van der Waals surface area contributed by atoms with Gasteiger partial charge in [-0.3, -0.25) is 4.79 Å². The van der Waals surface area contributed by atoms with Crippen LogP contribution in [0, 0.1) is 0 Å². The molecule has 1 aromatic carbocycles. The minimum atomic E-state index is 0.0411. The highest BCUT2D eigenvalue weighted by atomic mass is 32.2. The third-order valence-electron chi connectivity index (χ3n) is 2.17. The molecule has 1 amide bonds. The number of amides is 1. The summed E-state index contributed by atoms with van der Waals surface area (Å²) in [5.41, 5.74) is 7.45. The average Bonchev–Trinajstić information content (AvgIpc) is 2.30. The Kier molecular flexibility index (Phi) is 5.96. The number of nitrogens with two attached hydrogens (primary N) is 1. The van der Waals surface area contributed by atoms with Crippen LogP contribution in [0.3, 0.4) is 0 Å². The van der Waals surface area contributed by atoms with E-state index in [1.807, 2.05) is 24.3 Å². The third kappa shape index (κ3) is 4.24. The first-order valence-electron chi connectivity index (χ1n) is 5.43. The van der Waals surface area contributed by atoms with Crippen LogP contribution in [0.15, 0.2) is 24.3 Å². The van der Waals surface area contributed by atoms with Gasteiger partial charge in [0.1, 0.15) is 0 Å². The summed E-state index contributed by atoms with van der Waals surface area (Å²) in [7, 11) is 0. The van der Waals surface area contributed by atoms with Crippen LogP contribution >= 0.6 is 11.8 Å². The lowest BCUT2D eigenvalue weighted by molar-refractivity contribution is -0.113. The first-order valence-corrected chi connectivity index (χ1v) is 6.59. The largest absolute Gasteiger partial charge is 0.330 e. The lowest BCUT2D eigenvalue weighted by Gasteiger charge is -2.09. The normalized spacial score (nSPS) is 10.1. The predicted molar refractivity (Wildman–Crippen MR) is 70.8 cm³/mol. The Morgan fingerprint density at radius 1 is 1.44 bits per heavy atom. The van der Waals surface area contributed by atoms with Gasteiger partial charge in [-0.2, -0.15) is 11.8 Å². The summed E-state index contributed by atoms with van der Waals surface area (Å²) in [6.07, 6.45) is 0.923. The molecular formula is C12H18N2OS. The van der Waals surface area contributed by atoms with E-state index < -0.39 is 0 Å². The number of thioether (sulfide) groups is 1. The molecule has 0 aliphatic heterocycles. The second-order valence-electron chi connectivity index (χ2n) is 3.40. The van der Waals surface area contributed by atoms with Crippen LogP contribution < -0.4 is 11.1 Å². The minimum Gasteiger partial charge on any atom is -0.330 e. The van der Waals surface area contributed by atoms with Crippen LogP contribution in [0.25, 0.3) is 0 Å². The van der Waals surface area contributed by atoms with Gasteiger partial charge in [0, 0.05) is 18.0 Å². The van der Waals surface area contributed by atoms with Crippen LogP contribution in [0.2, 0.25) is 0 Å². The Bertz CT molecular complexity index is 342. The number of nitrogens with one attached hydrogen (secondary N) is 1. The van der Waals surface area contributed by atoms with E-state index in [1.54, 1.807) is 11.8 Å². The smallest absolute Gasteiger partial charge is 0.234 e. The van der Waals surface area contributed by atoms with Gasteiger partial charge in [-0.1, -0.05) is 25.1 Å². The maximum absolute atomic E-state index is 11.6. The molecule has 4 heteroatoms. The van der Waals surface area contributed by atoms with E-state index in [0.717, 1.165) is 17.9 Å². The molecule has 0 aromatic heterocycles. The van der Waals surface area contributed by atoms with Crippen molar-refractivity contribution in [2.75, 3.05) is 23.4 Å². The molecule has 1 aromatic rings. The molecule has 0 fully saturated rings. The quantitative estimate of drug-likeness (QED) is 0.744. The number of carbonyl (C=O) groups is 1. The summed E-state index contributed by atoms with van der Waals surface area (Å²) in [6.45, 7) is 2.69. The highest BCUT2D eigenvalue weighted by molar-refractivity contribution is 7.99. The zero-order valence-electron chi connectivity index (χ0n) is 9.53. The minimum absolute atomic E-state index is 0.0411. The molecule has 0 saturated heterocycles. The highest BCUT2D eigenvalue weighted by Crippen LogP contribution is 2.15. The van der Waals surface area contributed by atoms with Crippen molar-refractivity contribution in [2.24, 2.45) is 5.73 Å². The van der Waals surface area contributed by atoms with Crippen LogP contribution in [0.1, 0.15) is 12.5 Å².